The Morgan fingerprint density at radius 1 is 0.800 bits per heavy atom. The quantitative estimate of drug-likeness (QED) is 0.633. The van der Waals surface area contributed by atoms with Gasteiger partial charge in [-0.05, 0) is 49.7 Å². The number of methoxy groups -OCH3 is 1. The number of hydrogen-bond acceptors (Lipinski definition) is 4. The van der Waals surface area contributed by atoms with Gasteiger partial charge in [-0.2, -0.15) is 0 Å². The Kier molecular flexibility index (Phi) is 5.11. The van der Waals surface area contributed by atoms with Crippen LogP contribution < -0.4 is 15.0 Å². The molecule has 0 saturated carbocycles. The number of benzene rings is 3. The van der Waals surface area contributed by atoms with Crippen LogP contribution in [0.5, 0.6) is 5.75 Å². The molecule has 0 aromatic heterocycles. The molecule has 0 aliphatic carbocycles. The summed E-state index contributed by atoms with van der Waals surface area (Å²) in [6, 6.07) is 22.2. The van der Waals surface area contributed by atoms with E-state index in [1.807, 2.05) is 68.4 Å². The Balaban J connectivity index is 1.86. The second-order valence-electron chi connectivity index (χ2n) is 7.23. The van der Waals surface area contributed by atoms with Crippen LogP contribution in [0, 0.1) is 13.8 Å². The second-order valence-corrected chi connectivity index (χ2v) is 7.23. The van der Waals surface area contributed by atoms with E-state index in [1.54, 1.807) is 25.3 Å². The molecule has 1 aliphatic heterocycles. The average molecular weight is 398 g/mol. The molecular formula is C25H22N2O3. The van der Waals surface area contributed by atoms with Gasteiger partial charge in [-0.15, -0.1) is 0 Å². The van der Waals surface area contributed by atoms with Crippen LogP contribution >= 0.6 is 0 Å². The van der Waals surface area contributed by atoms with Crippen LogP contribution in [0.15, 0.2) is 78.5 Å². The zero-order chi connectivity index (χ0) is 21.3. The largest absolute Gasteiger partial charge is 0.496 e. The van der Waals surface area contributed by atoms with Gasteiger partial charge in [0.05, 0.1) is 18.4 Å². The van der Waals surface area contributed by atoms with Crippen molar-refractivity contribution < 1.29 is 14.3 Å². The number of para-hydroxylation sites is 1. The topological polar surface area (TPSA) is 58.6 Å². The first-order chi connectivity index (χ1) is 14.5. The normalized spacial score (nSPS) is 13.8. The molecule has 5 nitrogen and oxygen atoms in total. The highest BCUT2D eigenvalue weighted by Gasteiger charge is 2.41. The minimum Gasteiger partial charge on any atom is -0.496 e. The molecule has 3 aromatic rings. The lowest BCUT2D eigenvalue weighted by Crippen LogP contribution is -2.32. The molecule has 5 heteroatoms. The minimum absolute atomic E-state index is 0.231. The predicted molar refractivity (Wildman–Crippen MR) is 118 cm³/mol. The highest BCUT2D eigenvalue weighted by Crippen LogP contribution is 2.37. The number of carbonyl (C=O) groups is 2. The van der Waals surface area contributed by atoms with Crippen LogP contribution in [0.2, 0.25) is 0 Å². The number of ether oxygens (including phenoxy) is 1. The number of nitrogens with zero attached hydrogens (tertiary/aromatic N) is 1. The van der Waals surface area contributed by atoms with Crippen molar-refractivity contribution in [1.82, 2.24) is 0 Å². The number of carbonyl (C=O) groups excluding carboxylic acids is 2. The molecule has 0 bridgehead atoms. The van der Waals surface area contributed by atoms with E-state index in [2.05, 4.69) is 5.32 Å². The number of rotatable bonds is 5. The Morgan fingerprint density at radius 3 is 2.23 bits per heavy atom. The molecule has 1 heterocycles. The summed E-state index contributed by atoms with van der Waals surface area (Å²) in [5.41, 5.74) is 4.44. The lowest BCUT2D eigenvalue weighted by Gasteiger charge is -2.16. The van der Waals surface area contributed by atoms with E-state index in [0.29, 0.717) is 22.6 Å². The summed E-state index contributed by atoms with van der Waals surface area (Å²) in [5, 5.41) is 3.17. The first-order valence-corrected chi connectivity index (χ1v) is 9.66. The van der Waals surface area contributed by atoms with Crippen LogP contribution in [-0.4, -0.2) is 18.9 Å². The van der Waals surface area contributed by atoms with Gasteiger partial charge in [0.15, 0.2) is 0 Å². The van der Waals surface area contributed by atoms with E-state index < -0.39 is 5.91 Å². The Labute approximate surface area is 175 Å². The highest BCUT2D eigenvalue weighted by atomic mass is 16.5. The molecule has 1 aliphatic rings. The molecule has 4 rings (SSSR count). The molecule has 3 aromatic carbocycles. The van der Waals surface area contributed by atoms with Gasteiger partial charge in [0.25, 0.3) is 11.8 Å². The van der Waals surface area contributed by atoms with Crippen LogP contribution in [0.1, 0.15) is 16.7 Å². The van der Waals surface area contributed by atoms with E-state index in [1.165, 1.54) is 4.90 Å². The zero-order valence-corrected chi connectivity index (χ0v) is 17.1. The fraction of sp³-hybridized carbons (Fsp3) is 0.120. The van der Waals surface area contributed by atoms with Crippen LogP contribution in [0.3, 0.4) is 0 Å². The Hall–Kier alpha value is -3.86. The van der Waals surface area contributed by atoms with Gasteiger partial charge in [0, 0.05) is 11.3 Å². The molecule has 0 saturated heterocycles. The lowest BCUT2D eigenvalue weighted by atomic mass is 10.0. The monoisotopic (exact) mass is 398 g/mol. The maximum atomic E-state index is 13.5. The third-order valence-corrected chi connectivity index (χ3v) is 5.04. The molecule has 30 heavy (non-hydrogen) atoms. The number of amides is 2. The van der Waals surface area contributed by atoms with Crippen molar-refractivity contribution in [3.63, 3.8) is 0 Å². The summed E-state index contributed by atoms with van der Waals surface area (Å²) >= 11 is 0. The van der Waals surface area contributed by atoms with Gasteiger partial charge in [-0.25, -0.2) is 4.90 Å². The average Bonchev–Trinajstić information content (AvgIpc) is 2.99. The van der Waals surface area contributed by atoms with Gasteiger partial charge in [0.1, 0.15) is 11.4 Å². The Bertz CT molecular complexity index is 1160. The third-order valence-electron chi connectivity index (χ3n) is 5.04. The zero-order valence-electron chi connectivity index (χ0n) is 17.1. The number of imide groups is 1. The summed E-state index contributed by atoms with van der Waals surface area (Å²) in [6.45, 7) is 3.92. The molecule has 1 N–H and O–H groups in total. The maximum Gasteiger partial charge on any atom is 0.282 e. The smallest absolute Gasteiger partial charge is 0.282 e. The Morgan fingerprint density at radius 2 is 1.53 bits per heavy atom. The molecule has 0 fully saturated rings. The van der Waals surface area contributed by atoms with Gasteiger partial charge >= 0.3 is 0 Å². The summed E-state index contributed by atoms with van der Waals surface area (Å²) in [4.78, 5) is 28.1. The van der Waals surface area contributed by atoms with Crippen LogP contribution in [0.25, 0.3) is 5.57 Å². The van der Waals surface area contributed by atoms with Gasteiger partial charge in [0.2, 0.25) is 0 Å². The summed E-state index contributed by atoms with van der Waals surface area (Å²) in [7, 11) is 1.55. The van der Waals surface area contributed by atoms with Crippen molar-refractivity contribution in [2.45, 2.75) is 13.8 Å². The van der Waals surface area contributed by atoms with Crippen LogP contribution in [-0.2, 0) is 9.59 Å². The van der Waals surface area contributed by atoms with Crippen molar-refractivity contribution in [3.8, 4) is 5.75 Å². The molecule has 2 amide bonds. The fourth-order valence-electron chi connectivity index (χ4n) is 3.53. The van der Waals surface area contributed by atoms with Crippen molar-refractivity contribution in [2.24, 2.45) is 0 Å². The first kappa shape index (κ1) is 19.5. The summed E-state index contributed by atoms with van der Waals surface area (Å²) < 4.78 is 5.47. The maximum absolute atomic E-state index is 13.5. The molecule has 0 spiro atoms. The predicted octanol–water partition coefficient (Wildman–Crippen LogP) is 4.71. The summed E-state index contributed by atoms with van der Waals surface area (Å²) in [5.74, 6) is -0.250. The van der Waals surface area contributed by atoms with Gasteiger partial charge < -0.3 is 10.1 Å². The van der Waals surface area contributed by atoms with Gasteiger partial charge in [-0.1, -0.05) is 48.0 Å². The van der Waals surface area contributed by atoms with E-state index in [0.717, 1.165) is 16.8 Å². The van der Waals surface area contributed by atoms with E-state index >= 15 is 0 Å². The van der Waals surface area contributed by atoms with Crippen molar-refractivity contribution in [1.29, 1.82) is 0 Å². The molecule has 0 atom stereocenters. The molecule has 150 valence electrons. The van der Waals surface area contributed by atoms with Crippen molar-refractivity contribution in [3.05, 3.63) is 95.2 Å². The van der Waals surface area contributed by atoms with Crippen molar-refractivity contribution in [2.75, 3.05) is 17.3 Å². The van der Waals surface area contributed by atoms with Crippen molar-refractivity contribution >= 4 is 28.8 Å². The molecular weight excluding hydrogens is 376 g/mol. The SMILES string of the molecule is COc1ccccc1C1=C(Nc2ccc(C)cc2)C(=O)N(c2cccc(C)c2)C1=O. The number of aryl methyl sites for hydroxylation is 2. The standard InChI is InChI=1S/C25H22N2O3/c1-16-11-13-18(14-12-16)26-23-22(20-9-4-5-10-21(20)30-3)24(28)27(25(23)29)19-8-6-7-17(2)15-19/h4-15,26H,1-3H3. The van der Waals surface area contributed by atoms with Crippen LogP contribution in [0.4, 0.5) is 11.4 Å². The third kappa shape index (κ3) is 3.46. The first-order valence-electron chi connectivity index (χ1n) is 9.66. The molecule has 0 radical (unpaired) electrons. The van der Waals surface area contributed by atoms with E-state index in [-0.39, 0.29) is 11.6 Å². The van der Waals surface area contributed by atoms with Gasteiger partial charge in [-0.3, -0.25) is 9.59 Å². The fourth-order valence-corrected chi connectivity index (χ4v) is 3.53. The summed E-state index contributed by atoms with van der Waals surface area (Å²) in [6.07, 6.45) is 0. The lowest BCUT2D eigenvalue weighted by molar-refractivity contribution is -0.120. The van der Waals surface area contributed by atoms with E-state index in [4.69, 9.17) is 4.74 Å². The highest BCUT2D eigenvalue weighted by molar-refractivity contribution is 6.46. The number of nitrogens with one attached hydrogen (secondary N) is 1. The number of anilines is 2. The molecule has 0 unspecified atom stereocenters. The minimum atomic E-state index is -0.396. The number of hydrogen-bond donors (Lipinski definition) is 1. The second kappa shape index (κ2) is 7.87. The van der Waals surface area contributed by atoms with E-state index in [9.17, 15) is 9.59 Å².